The fraction of sp³-hybridized carbons (Fsp3) is 0.150. The van der Waals surface area contributed by atoms with Gasteiger partial charge in [0.2, 0.25) is 0 Å². The fourth-order valence-corrected chi connectivity index (χ4v) is 2.92. The summed E-state index contributed by atoms with van der Waals surface area (Å²) in [6.45, 7) is 3.27. The van der Waals surface area contributed by atoms with Gasteiger partial charge in [-0.05, 0) is 49.3 Å². The number of carbonyl (C=O) groups is 2. The van der Waals surface area contributed by atoms with Crippen molar-refractivity contribution in [3.05, 3.63) is 68.5 Å². The lowest BCUT2D eigenvalue weighted by atomic mass is 9.95. The van der Waals surface area contributed by atoms with Crippen LogP contribution in [-0.2, 0) is 9.59 Å². The van der Waals surface area contributed by atoms with E-state index in [0.29, 0.717) is 5.56 Å². The summed E-state index contributed by atoms with van der Waals surface area (Å²) in [7, 11) is 1.30. The number of furan rings is 1. The predicted molar refractivity (Wildman–Crippen MR) is 99.6 cm³/mol. The average molecular weight is 377 g/mol. The molecule has 1 aromatic heterocycles. The van der Waals surface area contributed by atoms with Crippen molar-refractivity contribution in [2.24, 2.45) is 0 Å². The molecular formula is C20H15N3O5. The van der Waals surface area contributed by atoms with Gasteiger partial charge in [-0.2, -0.15) is 5.26 Å². The molecule has 140 valence electrons. The van der Waals surface area contributed by atoms with Gasteiger partial charge in [0.1, 0.15) is 23.2 Å². The minimum atomic E-state index is -0.655. The Morgan fingerprint density at radius 3 is 2.54 bits per heavy atom. The Balaban J connectivity index is 2.08. The molecule has 2 amide bonds. The van der Waals surface area contributed by atoms with Crippen molar-refractivity contribution >= 4 is 23.6 Å². The Hall–Kier alpha value is -3.99. The van der Waals surface area contributed by atoms with Crippen LogP contribution in [0.2, 0.25) is 0 Å². The van der Waals surface area contributed by atoms with Gasteiger partial charge >= 0.3 is 0 Å². The van der Waals surface area contributed by atoms with Gasteiger partial charge in [0.05, 0.1) is 10.5 Å². The second kappa shape index (κ2) is 6.96. The van der Waals surface area contributed by atoms with Crippen LogP contribution in [-0.4, -0.2) is 28.7 Å². The molecule has 0 fully saturated rings. The van der Waals surface area contributed by atoms with Crippen LogP contribution in [0.15, 0.2) is 51.5 Å². The maximum absolute atomic E-state index is 12.4. The lowest BCUT2D eigenvalue weighted by Crippen LogP contribution is -2.39. The van der Waals surface area contributed by atoms with Gasteiger partial charge in [-0.15, -0.1) is 0 Å². The van der Waals surface area contributed by atoms with Gasteiger partial charge < -0.3 is 4.42 Å². The predicted octanol–water partition coefficient (Wildman–Crippen LogP) is 3.39. The number of likely N-dealkylation sites (N-methyl/N-ethyl adjacent to an activating group) is 1. The van der Waals surface area contributed by atoms with Crippen molar-refractivity contribution in [1.82, 2.24) is 4.90 Å². The van der Waals surface area contributed by atoms with E-state index in [9.17, 15) is 25.0 Å². The SMILES string of the molecule is CC1=C(C#N)C(=O)N(C)C(=O)/C1=C/c1ccc(-c2ccc(C)cc2[N+](=O)[O-])o1. The molecule has 0 saturated carbocycles. The van der Waals surface area contributed by atoms with Crippen molar-refractivity contribution in [3.63, 3.8) is 0 Å². The quantitative estimate of drug-likeness (QED) is 0.350. The van der Waals surface area contributed by atoms with E-state index in [4.69, 9.17) is 4.42 Å². The fourth-order valence-electron chi connectivity index (χ4n) is 2.92. The molecule has 0 bridgehead atoms. The van der Waals surface area contributed by atoms with E-state index >= 15 is 0 Å². The van der Waals surface area contributed by atoms with Crippen molar-refractivity contribution in [3.8, 4) is 17.4 Å². The van der Waals surface area contributed by atoms with Crippen molar-refractivity contribution in [2.75, 3.05) is 7.05 Å². The first kappa shape index (κ1) is 18.8. The number of imide groups is 1. The molecule has 8 heteroatoms. The zero-order chi connectivity index (χ0) is 20.6. The molecular weight excluding hydrogens is 362 g/mol. The van der Waals surface area contributed by atoms with E-state index in [0.717, 1.165) is 10.5 Å². The number of nitro benzene ring substituents is 1. The first-order valence-electron chi connectivity index (χ1n) is 8.25. The van der Waals surface area contributed by atoms with E-state index < -0.39 is 16.7 Å². The number of benzene rings is 1. The van der Waals surface area contributed by atoms with Crippen molar-refractivity contribution in [1.29, 1.82) is 5.26 Å². The topological polar surface area (TPSA) is 117 Å². The van der Waals surface area contributed by atoms with Gasteiger partial charge in [-0.1, -0.05) is 6.07 Å². The Bertz CT molecular complexity index is 1130. The van der Waals surface area contributed by atoms with Crippen LogP contribution >= 0.6 is 0 Å². The molecule has 1 aliphatic heterocycles. The molecule has 0 radical (unpaired) electrons. The number of hydrogen-bond acceptors (Lipinski definition) is 6. The first-order chi connectivity index (χ1) is 13.2. The highest BCUT2D eigenvalue weighted by molar-refractivity contribution is 6.19. The Morgan fingerprint density at radius 1 is 1.18 bits per heavy atom. The smallest absolute Gasteiger partial charge is 0.280 e. The number of hydrogen-bond donors (Lipinski definition) is 0. The summed E-state index contributed by atoms with van der Waals surface area (Å²) < 4.78 is 5.69. The normalized spacial score (nSPS) is 15.9. The third kappa shape index (κ3) is 3.10. The maximum Gasteiger partial charge on any atom is 0.280 e. The van der Waals surface area contributed by atoms with E-state index in [1.807, 2.05) is 6.07 Å². The second-order valence-electron chi connectivity index (χ2n) is 6.32. The number of nitriles is 1. The number of nitro groups is 1. The van der Waals surface area contributed by atoms with E-state index in [1.165, 1.54) is 26.1 Å². The highest BCUT2D eigenvalue weighted by atomic mass is 16.6. The number of aryl methyl sites for hydroxylation is 1. The number of rotatable bonds is 3. The maximum atomic E-state index is 12.4. The van der Waals surface area contributed by atoms with Crippen molar-refractivity contribution in [2.45, 2.75) is 13.8 Å². The lowest BCUT2D eigenvalue weighted by molar-refractivity contribution is -0.384. The number of carbonyl (C=O) groups excluding carboxylic acids is 2. The summed E-state index contributed by atoms with van der Waals surface area (Å²) in [5.41, 5.74) is 1.26. The van der Waals surface area contributed by atoms with E-state index in [1.54, 1.807) is 31.2 Å². The summed E-state index contributed by atoms with van der Waals surface area (Å²) in [6.07, 6.45) is 1.42. The zero-order valence-corrected chi connectivity index (χ0v) is 15.3. The van der Waals surface area contributed by atoms with Crippen molar-refractivity contribution < 1.29 is 18.9 Å². The largest absolute Gasteiger partial charge is 0.456 e. The lowest BCUT2D eigenvalue weighted by Gasteiger charge is -2.23. The second-order valence-corrected chi connectivity index (χ2v) is 6.32. The Kier molecular flexibility index (Phi) is 4.67. The van der Waals surface area contributed by atoms with Crippen LogP contribution in [0.4, 0.5) is 5.69 Å². The molecule has 1 aliphatic rings. The van der Waals surface area contributed by atoms with Crippen LogP contribution in [0.1, 0.15) is 18.2 Å². The first-order valence-corrected chi connectivity index (χ1v) is 8.25. The average Bonchev–Trinajstić information content (AvgIpc) is 3.12. The molecule has 0 N–H and O–H groups in total. The van der Waals surface area contributed by atoms with Gasteiger partial charge in [-0.25, -0.2) is 0 Å². The molecule has 3 rings (SSSR count). The molecule has 28 heavy (non-hydrogen) atoms. The minimum absolute atomic E-state index is 0.0875. The molecule has 0 saturated heterocycles. The molecule has 0 spiro atoms. The van der Waals surface area contributed by atoms with E-state index in [-0.39, 0.29) is 33.9 Å². The van der Waals surface area contributed by atoms with Gasteiger partial charge in [0.25, 0.3) is 17.5 Å². The summed E-state index contributed by atoms with van der Waals surface area (Å²) in [5.74, 6) is -0.667. The standard InChI is InChI=1S/C20H15N3O5/c1-11-4-6-14(17(8-11)23(26)27)18-7-5-13(28-18)9-15-12(2)16(10-21)20(25)22(3)19(15)24/h4-9H,1-3H3/b15-9+. The van der Waals surface area contributed by atoms with Crippen LogP contribution in [0, 0.1) is 28.4 Å². The van der Waals surface area contributed by atoms with E-state index in [2.05, 4.69) is 0 Å². The zero-order valence-electron chi connectivity index (χ0n) is 15.3. The third-order valence-electron chi connectivity index (χ3n) is 4.47. The minimum Gasteiger partial charge on any atom is -0.456 e. The summed E-state index contributed by atoms with van der Waals surface area (Å²) >= 11 is 0. The number of nitrogens with zero attached hydrogens (tertiary/aromatic N) is 3. The third-order valence-corrected chi connectivity index (χ3v) is 4.47. The van der Waals surface area contributed by atoms with Gasteiger partial charge in [0.15, 0.2) is 0 Å². The van der Waals surface area contributed by atoms with Crippen LogP contribution < -0.4 is 0 Å². The van der Waals surface area contributed by atoms with Crippen LogP contribution in [0.3, 0.4) is 0 Å². The summed E-state index contributed by atoms with van der Waals surface area (Å²) in [5, 5.41) is 20.5. The molecule has 0 atom stereocenters. The Morgan fingerprint density at radius 2 is 1.89 bits per heavy atom. The summed E-state index contributed by atoms with van der Waals surface area (Å²) in [4.78, 5) is 36.1. The molecule has 0 aliphatic carbocycles. The molecule has 2 heterocycles. The summed E-state index contributed by atoms with van der Waals surface area (Å²) in [6, 6.07) is 9.73. The monoisotopic (exact) mass is 377 g/mol. The van der Waals surface area contributed by atoms with Crippen LogP contribution in [0.5, 0.6) is 0 Å². The molecule has 0 unspecified atom stereocenters. The molecule has 1 aromatic carbocycles. The van der Waals surface area contributed by atoms with Gasteiger partial charge in [-0.3, -0.25) is 24.6 Å². The molecule has 8 nitrogen and oxygen atoms in total. The highest BCUT2D eigenvalue weighted by Gasteiger charge is 2.33. The molecule has 2 aromatic rings. The highest BCUT2D eigenvalue weighted by Crippen LogP contribution is 2.33. The van der Waals surface area contributed by atoms with Crippen LogP contribution in [0.25, 0.3) is 17.4 Å². The van der Waals surface area contributed by atoms with Gasteiger partial charge in [0, 0.05) is 18.7 Å². The number of amides is 2. The Labute approximate surface area is 160 Å².